The standard InChI is InChI=1S/C32H34FN9O2S/c1-3-19-14-28(43)23(33)15-22(19)20-5-6-21-25(13-20)38-39-30(21)31-36-24-7-9-41(18-27(24)37-31)32(44)26-16-35-29(17-34-26)40(2)10-11-42-8-4-12-45-42/h5-6,13-17,43H,3-4,7-12,18H2,1-2H3,(H,36,37)(H,38,39). The fraction of sp³-hybridized carbons (Fsp3) is 0.344. The molecule has 2 aromatic carbocycles. The molecule has 0 atom stereocenters. The lowest BCUT2D eigenvalue weighted by atomic mass is 9.96. The number of benzene rings is 2. The van der Waals surface area contributed by atoms with E-state index in [2.05, 4.69) is 34.4 Å². The highest BCUT2D eigenvalue weighted by Crippen LogP contribution is 2.34. The summed E-state index contributed by atoms with van der Waals surface area (Å²) in [5, 5.41) is 18.3. The lowest BCUT2D eigenvalue weighted by Crippen LogP contribution is -2.36. The van der Waals surface area contributed by atoms with Gasteiger partial charge in [-0.05, 0) is 53.8 Å². The number of hydrogen-bond donors (Lipinski definition) is 3. The van der Waals surface area contributed by atoms with E-state index in [1.54, 1.807) is 17.3 Å². The Morgan fingerprint density at radius 2 is 2.07 bits per heavy atom. The van der Waals surface area contributed by atoms with Gasteiger partial charge in [0.2, 0.25) is 0 Å². The van der Waals surface area contributed by atoms with Crippen LogP contribution in [0.1, 0.15) is 40.8 Å². The number of carbonyl (C=O) groups is 1. The number of imidazole rings is 1. The van der Waals surface area contributed by atoms with Gasteiger partial charge in [-0.3, -0.25) is 9.89 Å². The molecule has 232 valence electrons. The van der Waals surface area contributed by atoms with Crippen molar-refractivity contribution in [1.82, 2.24) is 39.3 Å². The molecule has 0 aliphatic carbocycles. The monoisotopic (exact) mass is 627 g/mol. The summed E-state index contributed by atoms with van der Waals surface area (Å²) in [5.41, 5.74) is 5.96. The molecule has 7 rings (SSSR count). The summed E-state index contributed by atoms with van der Waals surface area (Å²) >= 11 is 1.89. The van der Waals surface area contributed by atoms with Crippen LogP contribution in [-0.2, 0) is 19.4 Å². The molecule has 2 aliphatic rings. The first kappa shape index (κ1) is 29.2. The number of carbonyl (C=O) groups excluding carboxylic acids is 1. The minimum absolute atomic E-state index is 0.171. The third kappa shape index (κ3) is 5.73. The van der Waals surface area contributed by atoms with E-state index < -0.39 is 5.82 Å². The first-order valence-electron chi connectivity index (χ1n) is 15.2. The molecular formula is C32H34FN9O2S. The van der Waals surface area contributed by atoms with Crippen LogP contribution in [0.4, 0.5) is 10.2 Å². The van der Waals surface area contributed by atoms with Crippen LogP contribution in [0, 0.1) is 5.82 Å². The summed E-state index contributed by atoms with van der Waals surface area (Å²) in [5.74, 6) is 1.38. The SMILES string of the molecule is CCc1cc(O)c(F)cc1-c1ccc2c(-c3nc4c([nH]3)CCN(C(=O)c3cnc(N(C)CCN5CCCS5)cn3)C4)n[nH]c2c1. The molecule has 0 unspecified atom stereocenters. The lowest BCUT2D eigenvalue weighted by Gasteiger charge is -2.26. The van der Waals surface area contributed by atoms with Gasteiger partial charge in [0.05, 0.1) is 30.1 Å². The third-order valence-corrected chi connectivity index (χ3v) is 9.74. The number of aromatic amines is 2. The normalized spacial score (nSPS) is 15.1. The Kier molecular flexibility index (Phi) is 7.88. The first-order chi connectivity index (χ1) is 21.9. The van der Waals surface area contributed by atoms with Crippen LogP contribution >= 0.6 is 11.9 Å². The van der Waals surface area contributed by atoms with Crippen molar-refractivity contribution in [3.63, 3.8) is 0 Å². The number of nitrogens with zero attached hydrogens (tertiary/aromatic N) is 7. The van der Waals surface area contributed by atoms with Crippen LogP contribution in [0.5, 0.6) is 5.75 Å². The number of aryl methyl sites for hydroxylation is 1. The highest BCUT2D eigenvalue weighted by atomic mass is 32.2. The molecule has 11 nitrogen and oxygen atoms in total. The van der Waals surface area contributed by atoms with Crippen LogP contribution in [0.15, 0.2) is 42.7 Å². The van der Waals surface area contributed by atoms with Crippen molar-refractivity contribution in [3.8, 4) is 28.4 Å². The van der Waals surface area contributed by atoms with Gasteiger partial charge in [-0.25, -0.2) is 23.6 Å². The van der Waals surface area contributed by atoms with Crippen LogP contribution in [0.25, 0.3) is 33.5 Å². The van der Waals surface area contributed by atoms with Crippen LogP contribution in [0.2, 0.25) is 0 Å². The van der Waals surface area contributed by atoms with Crippen molar-refractivity contribution in [2.45, 2.75) is 32.7 Å². The van der Waals surface area contributed by atoms with Crippen LogP contribution < -0.4 is 4.90 Å². The van der Waals surface area contributed by atoms with E-state index in [1.165, 1.54) is 24.3 Å². The van der Waals surface area contributed by atoms with Crippen LogP contribution in [0.3, 0.4) is 0 Å². The van der Waals surface area contributed by atoms with Gasteiger partial charge in [0.25, 0.3) is 5.91 Å². The van der Waals surface area contributed by atoms with E-state index in [-0.39, 0.29) is 11.7 Å². The maximum absolute atomic E-state index is 14.2. The molecule has 1 amide bonds. The molecule has 1 saturated heterocycles. The second-order valence-corrected chi connectivity index (χ2v) is 12.6. The van der Waals surface area contributed by atoms with E-state index in [9.17, 15) is 14.3 Å². The van der Waals surface area contributed by atoms with Gasteiger partial charge in [0.1, 0.15) is 17.2 Å². The number of amides is 1. The number of H-pyrrole nitrogens is 2. The fourth-order valence-corrected chi connectivity index (χ4v) is 6.94. The molecule has 0 spiro atoms. The van der Waals surface area contributed by atoms with Crippen molar-refractivity contribution < 1.29 is 14.3 Å². The van der Waals surface area contributed by atoms with E-state index in [0.29, 0.717) is 43.1 Å². The summed E-state index contributed by atoms with van der Waals surface area (Å²) in [6.45, 7) is 5.79. The van der Waals surface area contributed by atoms with Gasteiger partial charge in [-0.1, -0.05) is 24.9 Å². The lowest BCUT2D eigenvalue weighted by molar-refractivity contribution is 0.0725. The molecule has 3 N–H and O–H groups in total. The van der Waals surface area contributed by atoms with Crippen molar-refractivity contribution in [1.29, 1.82) is 0 Å². The summed E-state index contributed by atoms with van der Waals surface area (Å²) in [7, 11) is 1.99. The molecule has 0 bridgehead atoms. The van der Waals surface area contributed by atoms with E-state index >= 15 is 0 Å². The number of hydrogen-bond acceptors (Lipinski definition) is 9. The zero-order valence-electron chi connectivity index (χ0n) is 25.2. The summed E-state index contributed by atoms with van der Waals surface area (Å²) in [4.78, 5) is 34.4. The Bertz CT molecular complexity index is 1870. The topological polar surface area (TPSA) is 130 Å². The third-order valence-electron chi connectivity index (χ3n) is 8.53. The minimum Gasteiger partial charge on any atom is -0.505 e. The fourth-order valence-electron chi connectivity index (χ4n) is 5.95. The molecule has 3 aromatic heterocycles. The zero-order valence-corrected chi connectivity index (χ0v) is 26.0. The molecule has 5 heterocycles. The van der Waals surface area contributed by atoms with Crippen molar-refractivity contribution >= 4 is 34.6 Å². The number of halogens is 1. The van der Waals surface area contributed by atoms with Crippen molar-refractivity contribution in [2.24, 2.45) is 0 Å². The maximum Gasteiger partial charge on any atom is 0.274 e. The summed E-state index contributed by atoms with van der Waals surface area (Å²) in [6, 6.07) is 8.64. The second-order valence-electron chi connectivity index (χ2n) is 11.4. The quantitative estimate of drug-likeness (QED) is 0.208. The zero-order chi connectivity index (χ0) is 31.1. The number of likely N-dealkylation sites (N-methyl/N-ethyl adjacent to an activating group) is 1. The number of rotatable bonds is 8. The Balaban J connectivity index is 1.05. The molecule has 13 heteroatoms. The molecule has 0 radical (unpaired) electrons. The van der Waals surface area contributed by atoms with Crippen molar-refractivity contribution in [2.75, 3.05) is 43.9 Å². The van der Waals surface area contributed by atoms with Gasteiger partial charge in [0, 0.05) is 56.5 Å². The molecule has 1 fully saturated rings. The first-order valence-corrected chi connectivity index (χ1v) is 16.1. The Labute approximate surface area is 264 Å². The van der Waals surface area contributed by atoms with Crippen molar-refractivity contribution in [3.05, 3.63) is 71.2 Å². The minimum atomic E-state index is -0.652. The average molecular weight is 628 g/mol. The Morgan fingerprint density at radius 1 is 1.18 bits per heavy atom. The second kappa shape index (κ2) is 12.1. The molecule has 2 aliphatic heterocycles. The Hall–Kier alpha value is -4.49. The van der Waals surface area contributed by atoms with E-state index in [0.717, 1.165) is 64.4 Å². The van der Waals surface area contributed by atoms with Gasteiger partial charge in [-0.2, -0.15) is 5.10 Å². The number of fused-ring (bicyclic) bond motifs is 2. The predicted octanol–water partition coefficient (Wildman–Crippen LogP) is 4.81. The molecule has 5 aromatic rings. The van der Waals surface area contributed by atoms with E-state index in [4.69, 9.17) is 4.98 Å². The van der Waals surface area contributed by atoms with Gasteiger partial charge in [0.15, 0.2) is 17.4 Å². The number of anilines is 1. The number of aromatic hydroxyl groups is 1. The highest BCUT2D eigenvalue weighted by Gasteiger charge is 2.27. The molecule has 45 heavy (non-hydrogen) atoms. The summed E-state index contributed by atoms with van der Waals surface area (Å²) < 4.78 is 16.6. The number of aromatic nitrogens is 6. The predicted molar refractivity (Wildman–Crippen MR) is 173 cm³/mol. The largest absolute Gasteiger partial charge is 0.505 e. The molecule has 0 saturated carbocycles. The molecular weight excluding hydrogens is 593 g/mol. The number of nitrogens with one attached hydrogen (secondary N) is 2. The number of phenolic OH excluding ortho intramolecular Hbond substituents is 1. The van der Waals surface area contributed by atoms with Crippen LogP contribution in [-0.4, -0.2) is 89.3 Å². The summed E-state index contributed by atoms with van der Waals surface area (Å²) in [6.07, 6.45) is 5.75. The van der Waals surface area contributed by atoms with Gasteiger partial charge in [-0.15, -0.1) is 0 Å². The Morgan fingerprint density at radius 3 is 2.84 bits per heavy atom. The van der Waals surface area contributed by atoms with Gasteiger partial charge >= 0.3 is 0 Å². The smallest absolute Gasteiger partial charge is 0.274 e. The van der Waals surface area contributed by atoms with Gasteiger partial charge < -0.3 is 19.9 Å². The van der Waals surface area contributed by atoms with E-state index in [1.807, 2.05) is 44.1 Å². The maximum atomic E-state index is 14.2. The average Bonchev–Trinajstić information content (AvgIpc) is 3.83. The number of phenols is 1. The highest BCUT2D eigenvalue weighted by molar-refractivity contribution is 7.97.